The van der Waals surface area contributed by atoms with E-state index in [0.717, 1.165) is 56.8 Å². The molecular weight excluding hydrogens is 450 g/mol. The van der Waals surface area contributed by atoms with Crippen molar-refractivity contribution in [2.24, 2.45) is 5.92 Å². The Kier molecular flexibility index (Phi) is 6.08. The summed E-state index contributed by atoms with van der Waals surface area (Å²) in [5.74, 6) is 7.75. The van der Waals surface area contributed by atoms with Crippen LogP contribution in [0.1, 0.15) is 31.4 Å². The summed E-state index contributed by atoms with van der Waals surface area (Å²) < 4.78 is 0. The smallest absolute Gasteiger partial charge is 0.169 e. The van der Waals surface area contributed by atoms with Crippen molar-refractivity contribution < 1.29 is 5.11 Å². The molecule has 0 saturated carbocycles. The lowest BCUT2D eigenvalue weighted by Crippen LogP contribution is -2.54. The summed E-state index contributed by atoms with van der Waals surface area (Å²) in [6.07, 6.45) is 6.48. The summed E-state index contributed by atoms with van der Waals surface area (Å²) in [5, 5.41) is 22.2. The minimum Gasteiger partial charge on any atom is -0.507 e. The van der Waals surface area contributed by atoms with Crippen LogP contribution in [0.2, 0.25) is 0 Å². The number of phenols is 1. The Morgan fingerprint density at radius 1 is 1.03 bits per heavy atom. The first kappa shape index (κ1) is 22.6. The molecule has 3 saturated heterocycles. The van der Waals surface area contributed by atoms with E-state index >= 15 is 0 Å². The minimum absolute atomic E-state index is 0.184. The third-order valence-electron chi connectivity index (χ3n) is 7.55. The van der Waals surface area contributed by atoms with E-state index in [4.69, 9.17) is 5.73 Å². The zero-order chi connectivity index (χ0) is 24.5. The molecule has 3 aromatic rings. The van der Waals surface area contributed by atoms with Crippen LogP contribution in [-0.4, -0.2) is 58.6 Å². The number of para-hydroxylation sites is 1. The van der Waals surface area contributed by atoms with Crippen LogP contribution in [-0.2, 0) is 0 Å². The first-order valence-corrected chi connectivity index (χ1v) is 12.8. The first-order valence-electron chi connectivity index (χ1n) is 12.8. The number of benzene rings is 1. The maximum atomic E-state index is 10.3. The maximum Gasteiger partial charge on any atom is 0.169 e. The van der Waals surface area contributed by atoms with E-state index in [2.05, 4.69) is 54.3 Å². The number of hydrogen-bond donors (Lipinski definition) is 3. The van der Waals surface area contributed by atoms with Gasteiger partial charge in [0.2, 0.25) is 0 Å². The van der Waals surface area contributed by atoms with Gasteiger partial charge < -0.3 is 26.0 Å². The van der Waals surface area contributed by atoms with Gasteiger partial charge in [-0.05, 0) is 68.5 Å². The second-order valence-corrected chi connectivity index (χ2v) is 9.93. The molecule has 0 spiro atoms. The van der Waals surface area contributed by atoms with E-state index in [1.54, 1.807) is 12.1 Å². The molecule has 3 aliphatic rings. The number of aromatic nitrogens is 3. The summed E-state index contributed by atoms with van der Waals surface area (Å²) in [6, 6.07) is 14.1. The van der Waals surface area contributed by atoms with Crippen molar-refractivity contribution in [3.05, 3.63) is 54.4 Å². The van der Waals surface area contributed by atoms with Crippen LogP contribution in [0.4, 0.5) is 17.2 Å². The number of piperazine rings is 1. The third kappa shape index (κ3) is 4.42. The van der Waals surface area contributed by atoms with Crippen molar-refractivity contribution in [2.75, 3.05) is 41.7 Å². The summed E-state index contributed by atoms with van der Waals surface area (Å²) in [4.78, 5) is 9.39. The van der Waals surface area contributed by atoms with Gasteiger partial charge in [-0.3, -0.25) is 0 Å². The zero-order valence-electron chi connectivity index (χ0n) is 20.3. The number of nitrogens with one attached hydrogen (secondary N) is 1. The van der Waals surface area contributed by atoms with E-state index in [0.29, 0.717) is 35.1 Å². The number of rotatable bonds is 3. The zero-order valence-corrected chi connectivity index (χ0v) is 20.3. The van der Waals surface area contributed by atoms with Crippen molar-refractivity contribution in [2.45, 2.75) is 37.8 Å². The number of fused-ring (bicyclic) bond motifs is 2. The van der Waals surface area contributed by atoms with Gasteiger partial charge in [0, 0.05) is 55.1 Å². The van der Waals surface area contributed by atoms with Gasteiger partial charge in [-0.15, -0.1) is 10.2 Å². The number of anilines is 3. The predicted molar refractivity (Wildman–Crippen MR) is 142 cm³/mol. The molecule has 4 N–H and O–H groups in total. The molecule has 8 nitrogen and oxygen atoms in total. The average molecular weight is 482 g/mol. The van der Waals surface area contributed by atoms with E-state index in [9.17, 15) is 5.11 Å². The van der Waals surface area contributed by atoms with Gasteiger partial charge in [0.1, 0.15) is 11.4 Å². The van der Waals surface area contributed by atoms with E-state index in [1.807, 2.05) is 24.4 Å². The molecule has 3 fully saturated rings. The van der Waals surface area contributed by atoms with Crippen LogP contribution in [0.25, 0.3) is 11.3 Å². The number of nitrogens with zero attached hydrogens (tertiary/aromatic N) is 5. The van der Waals surface area contributed by atoms with Crippen molar-refractivity contribution in [3.8, 4) is 28.8 Å². The highest BCUT2D eigenvalue weighted by Crippen LogP contribution is 2.39. The molecule has 0 radical (unpaired) electrons. The second-order valence-electron chi connectivity index (χ2n) is 9.93. The van der Waals surface area contributed by atoms with Gasteiger partial charge in [-0.1, -0.05) is 18.1 Å². The number of nitrogens with two attached hydrogens (primary N) is 1. The van der Waals surface area contributed by atoms with Gasteiger partial charge in [-0.2, -0.15) is 0 Å². The summed E-state index contributed by atoms with van der Waals surface area (Å²) in [5.41, 5.74) is 10.5. The third-order valence-corrected chi connectivity index (χ3v) is 7.55. The van der Waals surface area contributed by atoms with Gasteiger partial charge in [0.25, 0.3) is 0 Å². The molecule has 1 aromatic carbocycles. The fraction of sp³-hybridized carbons (Fsp3) is 0.393. The normalized spacial score (nSPS) is 23.3. The number of piperidine rings is 1. The lowest BCUT2D eigenvalue weighted by Gasteiger charge is -2.43. The van der Waals surface area contributed by atoms with Crippen molar-refractivity contribution in [1.82, 2.24) is 20.5 Å². The molecule has 8 heteroatoms. The fourth-order valence-corrected chi connectivity index (χ4v) is 5.79. The molecule has 3 atom stereocenters. The highest BCUT2D eigenvalue weighted by Gasteiger charge is 2.40. The standard InChI is InChI=1S/C28H31N7O/c29-28-26(15-25(32-33-28)24-5-1-2-6-27(24)36)34-17-22-9-10-23(18-34)35(22)21-11-13-31-20(14-21)8-7-19-4-3-12-30-16-19/h1-2,5-6,11,13-15,19,22-23,30,36H,3-4,9-10,12,16-18H2,(H2,29,33). The van der Waals surface area contributed by atoms with Crippen LogP contribution >= 0.6 is 0 Å². The Balaban J connectivity index is 1.22. The van der Waals surface area contributed by atoms with Crippen LogP contribution in [0.5, 0.6) is 5.75 Å². The van der Waals surface area contributed by atoms with Gasteiger partial charge in [0.15, 0.2) is 5.82 Å². The topological polar surface area (TPSA) is 103 Å². The van der Waals surface area contributed by atoms with Gasteiger partial charge >= 0.3 is 0 Å². The lowest BCUT2D eigenvalue weighted by atomic mass is 10.0. The Morgan fingerprint density at radius 2 is 1.86 bits per heavy atom. The quantitative estimate of drug-likeness (QED) is 0.491. The summed E-state index contributed by atoms with van der Waals surface area (Å²) >= 11 is 0. The minimum atomic E-state index is 0.184. The average Bonchev–Trinajstić information content (AvgIpc) is 3.18. The van der Waals surface area contributed by atoms with Crippen LogP contribution in [0.15, 0.2) is 48.7 Å². The largest absolute Gasteiger partial charge is 0.507 e. The second kappa shape index (κ2) is 9.67. The Labute approximate surface area is 211 Å². The highest BCUT2D eigenvalue weighted by molar-refractivity contribution is 5.74. The molecule has 36 heavy (non-hydrogen) atoms. The van der Waals surface area contributed by atoms with Crippen LogP contribution in [0, 0.1) is 17.8 Å². The molecule has 6 rings (SSSR count). The summed E-state index contributed by atoms with van der Waals surface area (Å²) in [7, 11) is 0. The summed E-state index contributed by atoms with van der Waals surface area (Å²) in [6.45, 7) is 3.77. The molecule has 0 aliphatic carbocycles. The highest BCUT2D eigenvalue weighted by atomic mass is 16.3. The number of aromatic hydroxyl groups is 1. The SMILES string of the molecule is Nc1nnc(-c2ccccc2O)cc1N1CC2CCC(C1)N2c1ccnc(C#CC2CCCNC2)c1. The van der Waals surface area contributed by atoms with E-state index < -0.39 is 0 Å². The van der Waals surface area contributed by atoms with Crippen molar-refractivity contribution in [3.63, 3.8) is 0 Å². The Hall–Kier alpha value is -3.83. The Morgan fingerprint density at radius 3 is 2.64 bits per heavy atom. The molecule has 0 amide bonds. The van der Waals surface area contributed by atoms with E-state index in [-0.39, 0.29) is 5.75 Å². The number of nitrogen functional groups attached to an aromatic ring is 1. The number of phenolic OH excluding ortho intramolecular Hbond substituents is 1. The maximum absolute atomic E-state index is 10.3. The molecular formula is C28H31N7O. The predicted octanol–water partition coefficient (Wildman–Crippen LogP) is 3.04. The fourth-order valence-electron chi connectivity index (χ4n) is 5.79. The van der Waals surface area contributed by atoms with Crippen molar-refractivity contribution >= 4 is 17.2 Å². The molecule has 184 valence electrons. The van der Waals surface area contributed by atoms with Crippen molar-refractivity contribution in [1.29, 1.82) is 0 Å². The monoisotopic (exact) mass is 481 g/mol. The molecule has 3 aliphatic heterocycles. The van der Waals surface area contributed by atoms with Crippen LogP contribution < -0.4 is 20.9 Å². The number of pyridine rings is 1. The lowest BCUT2D eigenvalue weighted by molar-refractivity contribution is 0.449. The molecule has 5 heterocycles. The molecule has 2 bridgehead atoms. The van der Waals surface area contributed by atoms with Crippen LogP contribution in [0.3, 0.4) is 0 Å². The number of hydrogen-bond acceptors (Lipinski definition) is 8. The Bertz CT molecular complexity index is 1300. The first-order chi connectivity index (χ1) is 17.7. The van der Waals surface area contributed by atoms with Gasteiger partial charge in [0.05, 0.1) is 11.4 Å². The molecule has 3 unspecified atom stereocenters. The van der Waals surface area contributed by atoms with Gasteiger partial charge in [-0.25, -0.2) is 4.98 Å². The molecule has 2 aromatic heterocycles. The van der Waals surface area contributed by atoms with E-state index in [1.165, 1.54) is 12.1 Å².